The molecule has 222 valence electrons. The van der Waals surface area contributed by atoms with Gasteiger partial charge in [-0.1, -0.05) is 0 Å². The van der Waals surface area contributed by atoms with Crippen LogP contribution in [0.5, 0.6) is 5.88 Å². The molecule has 6 rings (SSSR count). The molecule has 5 heterocycles. The minimum atomic E-state index is -4.28. The summed E-state index contributed by atoms with van der Waals surface area (Å²) in [6.07, 6.45) is 3.21. The fourth-order valence-corrected chi connectivity index (χ4v) is 6.21. The molecule has 1 atom stereocenters. The summed E-state index contributed by atoms with van der Waals surface area (Å²) >= 11 is 0. The molecule has 1 aliphatic heterocycles. The van der Waals surface area contributed by atoms with E-state index < -0.39 is 28.5 Å². The largest absolute Gasteiger partial charge is 0.482 e. The second-order valence-corrected chi connectivity index (χ2v) is 12.6. The van der Waals surface area contributed by atoms with E-state index in [0.717, 1.165) is 12.8 Å². The molecule has 0 bridgehead atoms. The van der Waals surface area contributed by atoms with E-state index in [1.54, 1.807) is 22.6 Å². The van der Waals surface area contributed by atoms with Gasteiger partial charge in [0, 0.05) is 30.1 Å². The fraction of sp³-hybridized carbons (Fsp3) is 0.407. The molecule has 12 nitrogen and oxygen atoms in total. The second kappa shape index (κ2) is 9.93. The number of likely N-dealkylation sites (tertiary alicyclic amines) is 1. The Bertz CT molecular complexity index is 1870. The van der Waals surface area contributed by atoms with E-state index in [-0.39, 0.29) is 16.0 Å². The SMILES string of the molecule is COc1cc(C(=O)N2CCC2C(N)=O)cc2nc(-c3cc4ccc(N(C(F)F)S(C)(=O)=O)nc4n3CC3CC3)c(C)n12. The van der Waals surface area contributed by atoms with Crippen LogP contribution in [0.1, 0.15) is 35.3 Å². The van der Waals surface area contributed by atoms with E-state index in [1.165, 1.54) is 18.1 Å². The molecule has 1 unspecified atom stereocenters. The van der Waals surface area contributed by atoms with Gasteiger partial charge in [-0.3, -0.25) is 14.0 Å². The number of halogens is 2. The van der Waals surface area contributed by atoms with Gasteiger partial charge in [0.1, 0.15) is 28.8 Å². The summed E-state index contributed by atoms with van der Waals surface area (Å²) in [6, 6.07) is 7.21. The molecule has 1 saturated carbocycles. The zero-order valence-electron chi connectivity index (χ0n) is 23.1. The monoisotopic (exact) mass is 601 g/mol. The highest BCUT2D eigenvalue weighted by molar-refractivity contribution is 7.92. The fourth-order valence-electron chi connectivity index (χ4n) is 5.48. The first kappa shape index (κ1) is 27.9. The second-order valence-electron chi connectivity index (χ2n) is 10.7. The van der Waals surface area contributed by atoms with Crippen LogP contribution in [0.3, 0.4) is 0 Å². The quantitative estimate of drug-likeness (QED) is 0.291. The third-order valence-corrected chi connectivity index (χ3v) is 8.91. The summed E-state index contributed by atoms with van der Waals surface area (Å²) < 4.78 is 61.1. The number of sulfonamides is 1. The number of hydrogen-bond acceptors (Lipinski definition) is 7. The van der Waals surface area contributed by atoms with Crippen molar-refractivity contribution < 1.29 is 31.5 Å². The van der Waals surface area contributed by atoms with Crippen LogP contribution in [-0.2, 0) is 21.4 Å². The van der Waals surface area contributed by atoms with Crippen molar-refractivity contribution in [3.05, 3.63) is 41.6 Å². The third kappa shape index (κ3) is 4.61. The minimum absolute atomic E-state index is 0.00106. The van der Waals surface area contributed by atoms with E-state index in [2.05, 4.69) is 4.98 Å². The highest BCUT2D eigenvalue weighted by Crippen LogP contribution is 2.38. The molecule has 4 aromatic heterocycles. The Morgan fingerprint density at radius 2 is 1.90 bits per heavy atom. The molecule has 4 aromatic rings. The van der Waals surface area contributed by atoms with Crippen molar-refractivity contribution >= 4 is 44.3 Å². The Morgan fingerprint density at radius 3 is 2.48 bits per heavy atom. The molecule has 2 N–H and O–H groups in total. The van der Waals surface area contributed by atoms with Crippen molar-refractivity contribution in [2.24, 2.45) is 11.7 Å². The first-order valence-electron chi connectivity index (χ1n) is 13.3. The van der Waals surface area contributed by atoms with Crippen LogP contribution in [0.2, 0.25) is 0 Å². The van der Waals surface area contributed by atoms with Gasteiger partial charge in [-0.25, -0.2) is 18.4 Å². The molecule has 2 fully saturated rings. The predicted octanol–water partition coefficient (Wildman–Crippen LogP) is 2.77. The average molecular weight is 602 g/mol. The highest BCUT2D eigenvalue weighted by Gasteiger charge is 2.37. The predicted molar refractivity (Wildman–Crippen MR) is 150 cm³/mol. The summed E-state index contributed by atoms with van der Waals surface area (Å²) in [5.74, 6) is -0.582. The maximum absolute atomic E-state index is 13.8. The molecule has 0 spiro atoms. The van der Waals surface area contributed by atoms with Gasteiger partial charge in [0.2, 0.25) is 15.9 Å². The van der Waals surface area contributed by atoms with Crippen molar-refractivity contribution in [1.82, 2.24) is 23.8 Å². The first-order valence-corrected chi connectivity index (χ1v) is 15.2. The number of anilines is 1. The lowest BCUT2D eigenvalue weighted by Gasteiger charge is -2.38. The van der Waals surface area contributed by atoms with Gasteiger partial charge in [-0.2, -0.15) is 13.1 Å². The van der Waals surface area contributed by atoms with Crippen molar-refractivity contribution in [2.45, 2.75) is 45.3 Å². The standard InChI is InChI=1S/C27H29F2N7O5S/c1-14-23(31-21-11-17(12-22(41-2)35(14)21)26(38)33-9-8-18(33)24(30)37)19-10-16-6-7-20(36(27(28)29)42(3,39)40)32-25(16)34(19)13-15-4-5-15/h6-7,10-12,15,18,27H,4-5,8-9,13H2,1-3H3,(H2,30,37). The van der Waals surface area contributed by atoms with E-state index in [9.17, 15) is 26.8 Å². The van der Waals surface area contributed by atoms with Crippen molar-refractivity contribution in [3.8, 4) is 17.3 Å². The Hall–Kier alpha value is -4.27. The normalized spacial score (nSPS) is 17.2. The number of nitrogens with zero attached hydrogens (tertiary/aromatic N) is 6. The first-order chi connectivity index (χ1) is 19.9. The van der Waals surface area contributed by atoms with Crippen LogP contribution in [0.4, 0.5) is 14.6 Å². The van der Waals surface area contributed by atoms with Gasteiger partial charge < -0.3 is 19.9 Å². The maximum atomic E-state index is 13.8. The number of methoxy groups -OCH3 is 1. The number of alkyl halides is 2. The maximum Gasteiger partial charge on any atom is 0.329 e. The number of pyridine rings is 2. The Kier molecular flexibility index (Phi) is 6.59. The number of amides is 2. The van der Waals surface area contributed by atoms with Gasteiger partial charge in [0.05, 0.1) is 24.8 Å². The molecular formula is C27H29F2N7O5S. The number of nitrogens with two attached hydrogens (primary N) is 1. The Balaban J connectivity index is 1.49. The van der Waals surface area contributed by atoms with Crippen LogP contribution in [0.15, 0.2) is 30.3 Å². The van der Waals surface area contributed by atoms with Crippen molar-refractivity contribution in [3.63, 3.8) is 0 Å². The summed E-state index contributed by atoms with van der Waals surface area (Å²) in [5.41, 5.74) is 8.44. The van der Waals surface area contributed by atoms with E-state index in [4.69, 9.17) is 15.5 Å². The van der Waals surface area contributed by atoms with Crippen LogP contribution in [0, 0.1) is 12.8 Å². The number of primary amides is 1. The molecule has 2 amide bonds. The number of ether oxygens (including phenoxy) is 1. The molecule has 0 aromatic carbocycles. The van der Waals surface area contributed by atoms with Crippen molar-refractivity contribution in [1.29, 1.82) is 0 Å². The topological polar surface area (TPSA) is 145 Å². The number of hydrogen-bond donors (Lipinski definition) is 1. The van der Waals surface area contributed by atoms with E-state index in [1.807, 2.05) is 17.6 Å². The van der Waals surface area contributed by atoms with Crippen LogP contribution in [0.25, 0.3) is 28.1 Å². The zero-order valence-corrected chi connectivity index (χ0v) is 23.9. The molecule has 42 heavy (non-hydrogen) atoms. The summed E-state index contributed by atoms with van der Waals surface area (Å²) in [5, 5.41) is 0.631. The minimum Gasteiger partial charge on any atom is -0.482 e. The zero-order chi connectivity index (χ0) is 30.1. The summed E-state index contributed by atoms with van der Waals surface area (Å²) in [4.78, 5) is 35.6. The Morgan fingerprint density at radius 1 is 1.17 bits per heavy atom. The summed E-state index contributed by atoms with van der Waals surface area (Å²) in [6.45, 7) is -0.494. The lowest BCUT2D eigenvalue weighted by Crippen LogP contribution is -2.57. The summed E-state index contributed by atoms with van der Waals surface area (Å²) in [7, 11) is -2.81. The number of carbonyl (C=O) groups is 2. The van der Waals surface area contributed by atoms with E-state index in [0.29, 0.717) is 76.9 Å². The number of aromatic nitrogens is 4. The lowest BCUT2D eigenvalue weighted by atomic mass is 10.0. The molecule has 1 saturated heterocycles. The molecule has 2 aliphatic rings. The van der Waals surface area contributed by atoms with Crippen molar-refractivity contribution in [2.75, 3.05) is 24.2 Å². The lowest BCUT2D eigenvalue weighted by molar-refractivity contribution is -0.125. The molecule has 0 radical (unpaired) electrons. The van der Waals surface area contributed by atoms with E-state index >= 15 is 0 Å². The number of carbonyl (C=O) groups excluding carboxylic acids is 2. The number of imidazole rings is 1. The smallest absolute Gasteiger partial charge is 0.329 e. The van der Waals surface area contributed by atoms with Gasteiger partial charge >= 0.3 is 6.55 Å². The van der Waals surface area contributed by atoms with Gasteiger partial charge in [0.15, 0.2) is 5.88 Å². The number of aryl methyl sites for hydroxylation is 1. The van der Waals surface area contributed by atoms with Gasteiger partial charge in [0.25, 0.3) is 5.91 Å². The van der Waals surface area contributed by atoms with Crippen LogP contribution < -0.4 is 14.8 Å². The number of fused-ring (bicyclic) bond motifs is 2. The molecular weight excluding hydrogens is 572 g/mol. The molecule has 15 heteroatoms. The van der Waals surface area contributed by atoms with Gasteiger partial charge in [-0.15, -0.1) is 0 Å². The number of rotatable bonds is 9. The van der Waals surface area contributed by atoms with Crippen LogP contribution in [-0.4, -0.2) is 76.6 Å². The Labute approximate surface area is 239 Å². The van der Waals surface area contributed by atoms with Gasteiger partial charge in [-0.05, 0) is 56.4 Å². The highest BCUT2D eigenvalue weighted by atomic mass is 32.2. The molecule has 1 aliphatic carbocycles. The average Bonchev–Trinajstić information content (AvgIpc) is 3.56. The third-order valence-electron chi connectivity index (χ3n) is 7.85. The van der Waals surface area contributed by atoms with Crippen LogP contribution >= 0.6 is 0 Å².